The van der Waals surface area contributed by atoms with Crippen LogP contribution in [0, 0.1) is 0 Å². The van der Waals surface area contributed by atoms with Crippen LogP contribution in [0.15, 0.2) is 55.1 Å². The second kappa shape index (κ2) is 8.39. The lowest BCUT2D eigenvalue weighted by molar-refractivity contribution is -0.123. The number of hydrogen-bond acceptors (Lipinski definition) is 4. The fourth-order valence-corrected chi connectivity index (χ4v) is 3.65. The molecular weight excluding hydrogens is 352 g/mol. The molecule has 7 heteroatoms. The molecule has 1 aliphatic heterocycles. The highest BCUT2D eigenvalue weighted by molar-refractivity contribution is 5.77. The molecule has 7 nitrogen and oxygen atoms in total. The molecule has 2 atom stereocenters. The van der Waals surface area contributed by atoms with Crippen LogP contribution in [0.1, 0.15) is 42.5 Å². The third-order valence-electron chi connectivity index (χ3n) is 5.18. The summed E-state index contributed by atoms with van der Waals surface area (Å²) < 4.78 is 3.85. The Hall–Kier alpha value is -2.93. The van der Waals surface area contributed by atoms with Crippen LogP contribution in [-0.4, -0.2) is 31.5 Å². The van der Waals surface area contributed by atoms with Gasteiger partial charge in [0.15, 0.2) is 0 Å². The number of piperidine rings is 1. The molecule has 0 saturated carbocycles. The number of aryl methyl sites for hydroxylation is 1. The largest absolute Gasteiger partial charge is 0.348 e. The lowest BCUT2D eigenvalue weighted by Gasteiger charge is -2.32. The second-order valence-corrected chi connectivity index (χ2v) is 7.23. The van der Waals surface area contributed by atoms with Gasteiger partial charge in [0, 0.05) is 49.1 Å². The van der Waals surface area contributed by atoms with Crippen LogP contribution in [0.4, 0.5) is 0 Å². The Morgan fingerprint density at radius 1 is 1.11 bits per heavy atom. The van der Waals surface area contributed by atoms with Gasteiger partial charge >= 0.3 is 0 Å². The van der Waals surface area contributed by atoms with E-state index in [0.717, 1.165) is 30.6 Å². The first-order valence-electron chi connectivity index (χ1n) is 9.81. The molecule has 2 N–H and O–H groups in total. The fourth-order valence-electron chi connectivity index (χ4n) is 3.65. The first-order valence-corrected chi connectivity index (χ1v) is 9.81. The molecule has 0 unspecified atom stereocenters. The fraction of sp³-hybridized carbons (Fsp3) is 0.381. The number of rotatable bonds is 7. The summed E-state index contributed by atoms with van der Waals surface area (Å²) in [5.74, 6) is 0.1000. The summed E-state index contributed by atoms with van der Waals surface area (Å²) in [6.45, 7) is 4.35. The molecule has 0 radical (unpaired) electrons. The normalized spacial score (nSPS) is 19.5. The van der Waals surface area contributed by atoms with E-state index in [0.29, 0.717) is 13.0 Å². The number of aromatic nitrogens is 4. The molecule has 3 heterocycles. The van der Waals surface area contributed by atoms with E-state index in [2.05, 4.69) is 46.1 Å². The highest BCUT2D eigenvalue weighted by Gasteiger charge is 2.30. The van der Waals surface area contributed by atoms with Crippen molar-refractivity contribution in [3.05, 3.63) is 71.8 Å². The van der Waals surface area contributed by atoms with Gasteiger partial charge in [-0.1, -0.05) is 30.3 Å². The van der Waals surface area contributed by atoms with Gasteiger partial charge in [0.05, 0.1) is 25.0 Å². The maximum atomic E-state index is 11.9. The zero-order valence-corrected chi connectivity index (χ0v) is 16.1. The van der Waals surface area contributed by atoms with Crippen LogP contribution in [0.3, 0.4) is 0 Å². The Kier molecular flexibility index (Phi) is 5.53. The van der Waals surface area contributed by atoms with Gasteiger partial charge in [-0.2, -0.15) is 10.2 Å². The van der Waals surface area contributed by atoms with Crippen LogP contribution in [0.2, 0.25) is 0 Å². The van der Waals surface area contributed by atoms with Crippen molar-refractivity contribution in [1.82, 2.24) is 30.2 Å². The summed E-state index contributed by atoms with van der Waals surface area (Å²) in [6, 6.07) is 10.4. The number of nitrogens with zero attached hydrogens (tertiary/aromatic N) is 4. The summed E-state index contributed by atoms with van der Waals surface area (Å²) in [4.78, 5) is 11.9. The predicted molar refractivity (Wildman–Crippen MR) is 106 cm³/mol. The summed E-state index contributed by atoms with van der Waals surface area (Å²) >= 11 is 0. The zero-order valence-electron chi connectivity index (χ0n) is 16.1. The standard InChI is InChI=1S/C21H26N6O/c1-2-26-15-18(12-24-26)21-19(8-9-20(28)25-21)22-10-17-11-23-27(14-17)13-16-6-4-3-5-7-16/h3-7,11-12,14-15,19,21-22H,2,8-10,13H2,1H3,(H,25,28)/t19-,21+/m1/s1. The quantitative estimate of drug-likeness (QED) is 0.661. The van der Waals surface area contributed by atoms with Gasteiger partial charge in [0.2, 0.25) is 5.91 Å². The molecule has 0 bridgehead atoms. The van der Waals surface area contributed by atoms with Crippen LogP contribution >= 0.6 is 0 Å². The van der Waals surface area contributed by atoms with Crippen LogP contribution in [0.5, 0.6) is 0 Å². The van der Waals surface area contributed by atoms with Crippen LogP contribution in [0.25, 0.3) is 0 Å². The van der Waals surface area contributed by atoms with Gasteiger partial charge in [-0.25, -0.2) is 0 Å². The van der Waals surface area contributed by atoms with Gasteiger partial charge in [0.25, 0.3) is 0 Å². The topological polar surface area (TPSA) is 76.8 Å². The lowest BCUT2D eigenvalue weighted by atomic mass is 9.93. The van der Waals surface area contributed by atoms with Crippen molar-refractivity contribution in [2.24, 2.45) is 0 Å². The molecule has 2 aromatic heterocycles. The molecule has 1 aromatic carbocycles. The van der Waals surface area contributed by atoms with Gasteiger partial charge in [0.1, 0.15) is 0 Å². The monoisotopic (exact) mass is 378 g/mol. The summed E-state index contributed by atoms with van der Waals surface area (Å²) in [7, 11) is 0. The average Bonchev–Trinajstić information content (AvgIpc) is 3.37. The van der Waals surface area contributed by atoms with Crippen molar-refractivity contribution in [3.63, 3.8) is 0 Å². The minimum Gasteiger partial charge on any atom is -0.348 e. The first kappa shape index (κ1) is 18.4. The molecule has 1 fully saturated rings. The Balaban J connectivity index is 1.39. The predicted octanol–water partition coefficient (Wildman–Crippen LogP) is 2.26. The zero-order chi connectivity index (χ0) is 19.3. The van der Waals surface area contributed by atoms with Crippen molar-refractivity contribution >= 4 is 5.91 Å². The average molecular weight is 378 g/mol. The number of nitrogens with one attached hydrogen (secondary N) is 2. The smallest absolute Gasteiger partial charge is 0.220 e. The Morgan fingerprint density at radius 2 is 1.93 bits per heavy atom. The maximum absolute atomic E-state index is 11.9. The SMILES string of the molecule is CCn1cc([C@@H]2NC(=O)CC[C@H]2NCc2cnn(Cc3ccccc3)c2)cn1. The minimum atomic E-state index is -0.0547. The van der Waals surface area contributed by atoms with E-state index in [9.17, 15) is 4.79 Å². The Labute approximate surface area is 164 Å². The van der Waals surface area contributed by atoms with E-state index in [1.54, 1.807) is 0 Å². The van der Waals surface area contributed by atoms with Crippen LogP contribution < -0.4 is 10.6 Å². The van der Waals surface area contributed by atoms with Gasteiger partial charge in [-0.05, 0) is 18.9 Å². The molecule has 1 amide bonds. The van der Waals surface area contributed by atoms with Crippen LogP contribution in [-0.2, 0) is 24.4 Å². The number of carbonyl (C=O) groups is 1. The Bertz CT molecular complexity index is 916. The molecule has 146 valence electrons. The third-order valence-corrected chi connectivity index (χ3v) is 5.18. The molecule has 3 aromatic rings. The molecule has 0 aliphatic carbocycles. The van der Waals surface area contributed by atoms with E-state index in [-0.39, 0.29) is 18.0 Å². The molecular formula is C21H26N6O. The number of hydrogen-bond donors (Lipinski definition) is 2. The summed E-state index contributed by atoms with van der Waals surface area (Å²) in [6.07, 6.45) is 9.21. The highest BCUT2D eigenvalue weighted by atomic mass is 16.1. The molecule has 0 spiro atoms. The lowest BCUT2D eigenvalue weighted by Crippen LogP contribution is -2.48. The number of amides is 1. The molecule has 1 saturated heterocycles. The van der Waals surface area contributed by atoms with Gasteiger partial charge in [-0.15, -0.1) is 0 Å². The van der Waals surface area contributed by atoms with Crippen molar-refractivity contribution in [3.8, 4) is 0 Å². The van der Waals surface area contributed by atoms with E-state index < -0.39 is 0 Å². The first-order chi connectivity index (χ1) is 13.7. The van der Waals surface area contributed by atoms with E-state index in [1.807, 2.05) is 46.2 Å². The Morgan fingerprint density at radius 3 is 2.71 bits per heavy atom. The number of benzene rings is 1. The van der Waals surface area contributed by atoms with Crippen molar-refractivity contribution < 1.29 is 4.79 Å². The summed E-state index contributed by atoms with van der Waals surface area (Å²) in [5.41, 5.74) is 3.41. The maximum Gasteiger partial charge on any atom is 0.220 e. The van der Waals surface area contributed by atoms with Crippen molar-refractivity contribution in [2.75, 3.05) is 0 Å². The highest BCUT2D eigenvalue weighted by Crippen LogP contribution is 2.24. The van der Waals surface area contributed by atoms with E-state index >= 15 is 0 Å². The minimum absolute atomic E-state index is 0.0547. The van der Waals surface area contributed by atoms with Crippen molar-refractivity contribution in [1.29, 1.82) is 0 Å². The van der Waals surface area contributed by atoms with E-state index in [1.165, 1.54) is 5.56 Å². The van der Waals surface area contributed by atoms with Gasteiger partial charge < -0.3 is 10.6 Å². The van der Waals surface area contributed by atoms with Crippen molar-refractivity contribution in [2.45, 2.75) is 51.5 Å². The number of carbonyl (C=O) groups excluding carboxylic acids is 1. The second-order valence-electron chi connectivity index (χ2n) is 7.23. The third kappa shape index (κ3) is 4.31. The summed E-state index contributed by atoms with van der Waals surface area (Å²) in [5, 5.41) is 15.6. The van der Waals surface area contributed by atoms with E-state index in [4.69, 9.17) is 0 Å². The molecule has 4 rings (SSSR count). The molecule has 28 heavy (non-hydrogen) atoms. The van der Waals surface area contributed by atoms with Gasteiger partial charge in [-0.3, -0.25) is 14.2 Å². The molecule has 1 aliphatic rings.